The van der Waals surface area contributed by atoms with E-state index in [0.29, 0.717) is 12.1 Å². The topological polar surface area (TPSA) is 61.2 Å². The number of aryl methyl sites for hydroxylation is 1. The molecule has 3 rings (SSSR count). The Morgan fingerprint density at radius 3 is 2.52 bits per heavy atom. The number of carbonyl (C=O) groups excluding carboxylic acids is 2. The molecule has 2 aromatic heterocycles. The summed E-state index contributed by atoms with van der Waals surface area (Å²) in [7, 11) is 0. The van der Waals surface area contributed by atoms with E-state index in [1.165, 1.54) is 12.3 Å². The van der Waals surface area contributed by atoms with Gasteiger partial charge in [0.25, 0.3) is 0 Å². The van der Waals surface area contributed by atoms with Crippen LogP contribution in [0.1, 0.15) is 37.7 Å². The second kappa shape index (κ2) is 8.18. The normalized spacial score (nSPS) is 10.6. The lowest BCUT2D eigenvalue weighted by atomic mass is 10.1. The van der Waals surface area contributed by atoms with Crippen molar-refractivity contribution in [3.63, 3.8) is 0 Å². The number of hydrogen-bond acceptors (Lipinski definition) is 4. The van der Waals surface area contributed by atoms with Crippen LogP contribution in [0.2, 0.25) is 5.15 Å². The number of hydrogen-bond donors (Lipinski definition) is 0. The third-order valence-corrected chi connectivity index (χ3v) is 4.67. The summed E-state index contributed by atoms with van der Waals surface area (Å²) in [5.74, 6) is -0.921. The highest BCUT2D eigenvalue weighted by Gasteiger charge is 2.19. The first kappa shape index (κ1) is 18.9. The first-order chi connectivity index (χ1) is 13.0. The van der Waals surface area contributed by atoms with Gasteiger partial charge in [-0.3, -0.25) is 4.79 Å². The molecular weight excluding hydrogens is 364 g/mol. The van der Waals surface area contributed by atoms with Gasteiger partial charge < -0.3 is 9.30 Å². The number of pyridine rings is 1. The van der Waals surface area contributed by atoms with Crippen LogP contribution in [0.25, 0.3) is 0 Å². The fourth-order valence-corrected chi connectivity index (χ4v) is 3.11. The molecule has 0 aliphatic heterocycles. The SMILES string of the molecule is Cc1cc(C(=O)COC(=O)c2cccnc2Cl)c(C)n1Cc1ccccc1. The zero-order valence-corrected chi connectivity index (χ0v) is 15.9. The molecule has 0 N–H and O–H groups in total. The van der Waals surface area contributed by atoms with Crippen molar-refractivity contribution in [1.82, 2.24) is 9.55 Å². The van der Waals surface area contributed by atoms with E-state index in [0.717, 1.165) is 17.0 Å². The van der Waals surface area contributed by atoms with E-state index in [4.69, 9.17) is 16.3 Å². The highest BCUT2D eigenvalue weighted by atomic mass is 35.5. The molecule has 5 nitrogen and oxygen atoms in total. The van der Waals surface area contributed by atoms with Crippen LogP contribution < -0.4 is 0 Å². The lowest BCUT2D eigenvalue weighted by Gasteiger charge is -2.10. The average Bonchev–Trinajstić information content (AvgIpc) is 2.95. The summed E-state index contributed by atoms with van der Waals surface area (Å²) in [6, 6.07) is 14.9. The van der Waals surface area contributed by atoms with Gasteiger partial charge in [0.15, 0.2) is 6.61 Å². The van der Waals surface area contributed by atoms with Gasteiger partial charge in [-0.05, 0) is 37.6 Å². The summed E-state index contributed by atoms with van der Waals surface area (Å²) in [6.07, 6.45) is 1.48. The van der Waals surface area contributed by atoms with E-state index >= 15 is 0 Å². The van der Waals surface area contributed by atoms with Gasteiger partial charge in [-0.1, -0.05) is 41.9 Å². The number of carbonyl (C=O) groups is 2. The van der Waals surface area contributed by atoms with E-state index in [2.05, 4.69) is 9.55 Å². The molecule has 0 saturated heterocycles. The van der Waals surface area contributed by atoms with Gasteiger partial charge in [-0.2, -0.15) is 0 Å². The standard InChI is InChI=1S/C21H19ClN2O3/c1-14-11-18(15(2)24(14)12-16-7-4-3-5-8-16)19(25)13-27-21(26)17-9-6-10-23-20(17)22/h3-11H,12-13H2,1-2H3. The van der Waals surface area contributed by atoms with Crippen LogP contribution in [0, 0.1) is 13.8 Å². The van der Waals surface area contributed by atoms with Crippen LogP contribution in [0.5, 0.6) is 0 Å². The molecule has 1 aromatic carbocycles. The number of ketones is 1. The predicted molar refractivity (Wildman–Crippen MR) is 103 cm³/mol. The summed E-state index contributed by atoms with van der Waals surface area (Å²) < 4.78 is 7.20. The molecule has 6 heteroatoms. The van der Waals surface area contributed by atoms with Crippen LogP contribution in [-0.2, 0) is 11.3 Å². The van der Waals surface area contributed by atoms with Crippen molar-refractivity contribution in [3.05, 3.63) is 88.0 Å². The van der Waals surface area contributed by atoms with Gasteiger partial charge in [-0.15, -0.1) is 0 Å². The summed E-state index contributed by atoms with van der Waals surface area (Å²) in [4.78, 5) is 28.5. The Kier molecular flexibility index (Phi) is 5.72. The van der Waals surface area contributed by atoms with Gasteiger partial charge in [0.05, 0.1) is 5.56 Å². The van der Waals surface area contributed by atoms with Crippen molar-refractivity contribution in [2.75, 3.05) is 6.61 Å². The summed E-state index contributed by atoms with van der Waals surface area (Å²) in [5, 5.41) is 0.0518. The maximum atomic E-state index is 12.6. The number of nitrogens with zero attached hydrogens (tertiary/aromatic N) is 2. The molecule has 0 bridgehead atoms. The van der Waals surface area contributed by atoms with E-state index in [9.17, 15) is 9.59 Å². The fourth-order valence-electron chi connectivity index (χ4n) is 2.92. The minimum Gasteiger partial charge on any atom is -0.454 e. The fraction of sp³-hybridized carbons (Fsp3) is 0.190. The average molecular weight is 383 g/mol. The van der Waals surface area contributed by atoms with Crippen molar-refractivity contribution in [2.24, 2.45) is 0 Å². The largest absolute Gasteiger partial charge is 0.454 e. The Morgan fingerprint density at radius 2 is 1.81 bits per heavy atom. The Hall–Kier alpha value is -2.92. The molecule has 0 aliphatic carbocycles. The number of esters is 1. The lowest BCUT2D eigenvalue weighted by Crippen LogP contribution is -2.15. The van der Waals surface area contributed by atoms with Crippen molar-refractivity contribution < 1.29 is 14.3 Å². The molecule has 0 fully saturated rings. The van der Waals surface area contributed by atoms with Crippen LogP contribution in [0.4, 0.5) is 0 Å². The van der Waals surface area contributed by atoms with Crippen LogP contribution in [-0.4, -0.2) is 27.9 Å². The minimum absolute atomic E-state index is 0.0518. The Balaban J connectivity index is 1.71. The smallest absolute Gasteiger partial charge is 0.341 e. The van der Waals surface area contributed by atoms with E-state index in [-0.39, 0.29) is 23.1 Å². The molecule has 0 atom stereocenters. The number of Topliss-reactive ketones (excluding diaryl/α,β-unsaturated/α-hetero) is 1. The van der Waals surface area contributed by atoms with E-state index in [1.54, 1.807) is 6.07 Å². The third-order valence-electron chi connectivity index (χ3n) is 4.37. The molecule has 0 radical (unpaired) electrons. The van der Waals surface area contributed by atoms with Crippen LogP contribution in [0.15, 0.2) is 54.7 Å². The molecule has 138 valence electrons. The van der Waals surface area contributed by atoms with Crippen molar-refractivity contribution in [1.29, 1.82) is 0 Å². The van der Waals surface area contributed by atoms with Crippen molar-refractivity contribution in [3.8, 4) is 0 Å². The highest BCUT2D eigenvalue weighted by Crippen LogP contribution is 2.19. The number of aromatic nitrogens is 2. The van der Waals surface area contributed by atoms with Gasteiger partial charge in [0.2, 0.25) is 5.78 Å². The molecule has 0 aliphatic rings. The summed E-state index contributed by atoms with van der Waals surface area (Å²) in [5.41, 5.74) is 3.66. The quantitative estimate of drug-likeness (QED) is 0.363. The predicted octanol–water partition coefficient (Wildman–Crippen LogP) is 4.24. The second-order valence-corrected chi connectivity index (χ2v) is 6.56. The van der Waals surface area contributed by atoms with Gasteiger partial charge >= 0.3 is 5.97 Å². The molecule has 27 heavy (non-hydrogen) atoms. The van der Waals surface area contributed by atoms with Crippen LogP contribution in [0.3, 0.4) is 0 Å². The minimum atomic E-state index is -0.667. The van der Waals surface area contributed by atoms with Crippen LogP contribution >= 0.6 is 11.6 Å². The van der Waals surface area contributed by atoms with Gasteiger partial charge in [-0.25, -0.2) is 9.78 Å². The first-order valence-electron chi connectivity index (χ1n) is 8.49. The Labute approximate surface area is 162 Å². The van der Waals surface area contributed by atoms with E-state index < -0.39 is 5.97 Å². The lowest BCUT2D eigenvalue weighted by molar-refractivity contribution is 0.0474. The zero-order chi connectivity index (χ0) is 19.4. The summed E-state index contributed by atoms with van der Waals surface area (Å²) >= 11 is 5.88. The van der Waals surface area contributed by atoms with Crippen molar-refractivity contribution in [2.45, 2.75) is 20.4 Å². The Bertz CT molecular complexity index is 980. The maximum Gasteiger partial charge on any atom is 0.341 e. The molecule has 0 spiro atoms. The first-order valence-corrected chi connectivity index (χ1v) is 8.86. The summed E-state index contributed by atoms with van der Waals surface area (Å²) in [6.45, 7) is 4.17. The number of ether oxygens (including phenoxy) is 1. The third kappa shape index (κ3) is 4.26. The highest BCUT2D eigenvalue weighted by molar-refractivity contribution is 6.32. The number of halogens is 1. The van der Waals surface area contributed by atoms with Gasteiger partial charge in [0, 0.05) is 29.7 Å². The second-order valence-electron chi connectivity index (χ2n) is 6.20. The maximum absolute atomic E-state index is 12.6. The van der Waals surface area contributed by atoms with Gasteiger partial charge in [0.1, 0.15) is 5.15 Å². The molecule has 0 saturated carbocycles. The van der Waals surface area contributed by atoms with E-state index in [1.807, 2.05) is 50.2 Å². The molecule has 3 aromatic rings. The number of rotatable bonds is 6. The van der Waals surface area contributed by atoms with Crippen molar-refractivity contribution >= 4 is 23.4 Å². The molecular formula is C21H19ClN2O3. The number of benzene rings is 1. The Morgan fingerprint density at radius 1 is 1.07 bits per heavy atom. The zero-order valence-electron chi connectivity index (χ0n) is 15.1. The molecule has 2 heterocycles. The monoisotopic (exact) mass is 382 g/mol. The molecule has 0 amide bonds. The molecule has 0 unspecified atom stereocenters.